The first kappa shape index (κ1) is 11.8. The van der Waals surface area contributed by atoms with Crippen LogP contribution in [0.4, 0.5) is 0 Å². The molecule has 0 saturated heterocycles. The van der Waals surface area contributed by atoms with Gasteiger partial charge in [-0.3, -0.25) is 0 Å². The van der Waals surface area contributed by atoms with Gasteiger partial charge in [0.1, 0.15) is 26.2 Å². The van der Waals surface area contributed by atoms with Crippen LogP contribution in [0.15, 0.2) is 0 Å². The minimum Gasteiger partial charge on any atom is -0.379 e. The topological polar surface area (TPSA) is 50.5 Å². The van der Waals surface area contributed by atoms with Crippen LogP contribution in [0.5, 0.6) is 0 Å². The molecule has 0 aromatic carbocycles. The molecule has 0 bridgehead atoms. The van der Waals surface area contributed by atoms with Gasteiger partial charge in [-0.2, -0.15) is 0 Å². The van der Waals surface area contributed by atoms with Crippen LogP contribution >= 0.6 is 0 Å². The molecule has 0 aliphatic rings. The zero-order valence-corrected chi connectivity index (χ0v) is 8.27. The summed E-state index contributed by atoms with van der Waals surface area (Å²) in [4.78, 5) is 1.51. The number of ether oxygens (including phenoxy) is 2. The van der Waals surface area contributed by atoms with E-state index < -0.39 is 0 Å². The van der Waals surface area contributed by atoms with E-state index in [-0.39, 0.29) is 0 Å². The highest BCUT2D eigenvalue weighted by molar-refractivity contribution is 4.30. The van der Waals surface area contributed by atoms with E-state index in [9.17, 15) is 0 Å². The highest BCUT2D eigenvalue weighted by atomic mass is 16.5. The molecule has 0 fully saturated rings. The molecule has 0 atom stereocenters. The van der Waals surface area contributed by atoms with Crippen LogP contribution in [0.3, 0.4) is 0 Å². The molecule has 0 spiro atoms. The van der Waals surface area contributed by atoms with E-state index in [0.29, 0.717) is 0 Å². The number of hydrogen-bond acceptors (Lipinski definition) is 2. The van der Waals surface area contributed by atoms with Gasteiger partial charge < -0.3 is 20.1 Å². The highest BCUT2D eigenvalue weighted by Crippen LogP contribution is 1.62. The number of hydrogen-bond donors (Lipinski definition) is 2. The normalized spacial score (nSPS) is 11.0. The summed E-state index contributed by atoms with van der Waals surface area (Å²) in [5.74, 6) is 0. The van der Waals surface area contributed by atoms with E-state index in [4.69, 9.17) is 9.47 Å². The molecule has 0 aromatic rings. The van der Waals surface area contributed by atoms with E-state index >= 15 is 0 Å². The molecule has 0 aliphatic carbocycles. The third-order valence-corrected chi connectivity index (χ3v) is 1.85. The predicted molar refractivity (Wildman–Crippen MR) is 47.1 cm³/mol. The van der Waals surface area contributed by atoms with Gasteiger partial charge in [-0.25, -0.2) is 0 Å². The zero-order chi connectivity index (χ0) is 9.23. The molecule has 0 aliphatic heterocycles. The molecule has 0 amide bonds. The molecule has 74 valence electrons. The third kappa shape index (κ3) is 6.54. The van der Waals surface area contributed by atoms with Gasteiger partial charge in [-0.1, -0.05) is 0 Å². The number of nitrogens with one attached hydrogen (secondary N) is 1. The van der Waals surface area contributed by atoms with Crippen molar-refractivity contribution in [2.75, 3.05) is 53.6 Å². The SMILES string of the molecule is COCC[NH+](CC[NH3+])CCOC. The van der Waals surface area contributed by atoms with Crippen LogP contribution in [0.2, 0.25) is 0 Å². The quantitative estimate of drug-likeness (QED) is 0.428. The fraction of sp³-hybridized carbons (Fsp3) is 1.00. The molecule has 4 nitrogen and oxygen atoms in total. The minimum atomic E-state index is 0.818. The Hall–Kier alpha value is -0.160. The Morgan fingerprint density at radius 1 is 1.00 bits per heavy atom. The molecule has 0 saturated carbocycles. The fourth-order valence-corrected chi connectivity index (χ4v) is 1.12. The van der Waals surface area contributed by atoms with Crippen molar-refractivity contribution in [3.05, 3.63) is 0 Å². The van der Waals surface area contributed by atoms with Crippen molar-refractivity contribution in [1.82, 2.24) is 0 Å². The van der Waals surface area contributed by atoms with Crippen molar-refractivity contribution in [2.24, 2.45) is 0 Å². The average molecular weight is 178 g/mol. The van der Waals surface area contributed by atoms with Crippen molar-refractivity contribution in [3.63, 3.8) is 0 Å². The van der Waals surface area contributed by atoms with Crippen molar-refractivity contribution < 1.29 is 20.1 Å². The van der Waals surface area contributed by atoms with Gasteiger partial charge in [0, 0.05) is 14.2 Å². The van der Waals surface area contributed by atoms with Gasteiger partial charge in [0.2, 0.25) is 0 Å². The summed E-state index contributed by atoms with van der Waals surface area (Å²) in [6.07, 6.45) is 0. The number of methoxy groups -OCH3 is 2. The monoisotopic (exact) mass is 178 g/mol. The summed E-state index contributed by atoms with van der Waals surface area (Å²) in [6, 6.07) is 0. The first-order chi connectivity index (χ1) is 5.85. The summed E-state index contributed by atoms with van der Waals surface area (Å²) in [6.45, 7) is 5.82. The number of rotatable bonds is 8. The lowest BCUT2D eigenvalue weighted by molar-refractivity contribution is -0.905. The van der Waals surface area contributed by atoms with E-state index in [2.05, 4.69) is 5.73 Å². The maximum atomic E-state index is 5.02. The first-order valence-corrected chi connectivity index (χ1v) is 4.45. The Bertz CT molecular complexity index is 83.1. The molecule has 0 heterocycles. The van der Waals surface area contributed by atoms with Gasteiger partial charge in [0.25, 0.3) is 0 Å². The molecule has 0 rings (SSSR count). The fourth-order valence-electron chi connectivity index (χ4n) is 1.12. The van der Waals surface area contributed by atoms with Gasteiger partial charge in [0.15, 0.2) is 0 Å². The first-order valence-electron chi connectivity index (χ1n) is 4.45. The Morgan fingerprint density at radius 3 is 1.83 bits per heavy atom. The van der Waals surface area contributed by atoms with Crippen LogP contribution < -0.4 is 10.6 Å². The Balaban J connectivity index is 3.40. The average Bonchev–Trinajstić information content (AvgIpc) is 2.10. The predicted octanol–water partition coefficient (Wildman–Crippen LogP) is -2.59. The molecular formula is C8H22N2O2+2. The lowest BCUT2D eigenvalue weighted by Crippen LogP contribution is -3.14. The standard InChI is InChI=1S/C8H20N2O2/c1-11-7-5-10(4-3-9)6-8-12-2/h3-9H2,1-2H3/p+2. The molecular weight excluding hydrogens is 156 g/mol. The van der Waals surface area contributed by atoms with Crippen molar-refractivity contribution in [1.29, 1.82) is 0 Å². The van der Waals surface area contributed by atoms with E-state index in [1.54, 1.807) is 14.2 Å². The Morgan fingerprint density at radius 2 is 1.50 bits per heavy atom. The zero-order valence-electron chi connectivity index (χ0n) is 8.27. The summed E-state index contributed by atoms with van der Waals surface area (Å²) in [5, 5.41) is 0. The van der Waals surface area contributed by atoms with Crippen LogP contribution in [0.25, 0.3) is 0 Å². The second kappa shape index (κ2) is 8.93. The second-order valence-electron chi connectivity index (χ2n) is 2.84. The van der Waals surface area contributed by atoms with Gasteiger partial charge >= 0.3 is 0 Å². The van der Waals surface area contributed by atoms with Crippen LogP contribution in [-0.2, 0) is 9.47 Å². The van der Waals surface area contributed by atoms with Crippen LogP contribution in [-0.4, -0.2) is 53.6 Å². The van der Waals surface area contributed by atoms with E-state index in [1.165, 1.54) is 4.90 Å². The second-order valence-corrected chi connectivity index (χ2v) is 2.84. The van der Waals surface area contributed by atoms with Crippen LogP contribution in [0.1, 0.15) is 0 Å². The van der Waals surface area contributed by atoms with Crippen molar-refractivity contribution >= 4 is 0 Å². The maximum Gasteiger partial charge on any atom is 0.127 e. The molecule has 0 aromatic heterocycles. The van der Waals surface area contributed by atoms with Gasteiger partial charge in [0.05, 0.1) is 13.2 Å². The van der Waals surface area contributed by atoms with Crippen LogP contribution in [0, 0.1) is 0 Å². The highest BCUT2D eigenvalue weighted by Gasteiger charge is 2.06. The minimum absolute atomic E-state index is 0.818. The van der Waals surface area contributed by atoms with Gasteiger partial charge in [-0.15, -0.1) is 0 Å². The van der Waals surface area contributed by atoms with Crippen molar-refractivity contribution in [3.8, 4) is 0 Å². The van der Waals surface area contributed by atoms with E-state index in [1.807, 2.05) is 0 Å². The lowest BCUT2D eigenvalue weighted by Gasteiger charge is -2.16. The largest absolute Gasteiger partial charge is 0.379 e. The van der Waals surface area contributed by atoms with E-state index in [0.717, 1.165) is 39.4 Å². The van der Waals surface area contributed by atoms with Crippen molar-refractivity contribution in [2.45, 2.75) is 0 Å². The molecule has 0 unspecified atom stereocenters. The summed E-state index contributed by atoms with van der Waals surface area (Å²) >= 11 is 0. The Labute approximate surface area is 74.6 Å². The smallest absolute Gasteiger partial charge is 0.127 e. The summed E-state index contributed by atoms with van der Waals surface area (Å²) in [5.41, 5.74) is 3.84. The maximum absolute atomic E-state index is 5.02. The molecule has 4 heteroatoms. The number of quaternary nitrogens is 2. The molecule has 4 N–H and O–H groups in total. The Kier molecular flexibility index (Phi) is 8.81. The summed E-state index contributed by atoms with van der Waals surface area (Å²) in [7, 11) is 3.47. The molecule has 0 radical (unpaired) electrons. The lowest BCUT2D eigenvalue weighted by atomic mass is 10.4. The summed E-state index contributed by atoms with van der Waals surface area (Å²) < 4.78 is 10.0. The molecule has 12 heavy (non-hydrogen) atoms. The van der Waals surface area contributed by atoms with Gasteiger partial charge in [-0.05, 0) is 0 Å². The third-order valence-electron chi connectivity index (χ3n) is 1.85.